The van der Waals surface area contributed by atoms with Crippen LogP contribution in [0.1, 0.15) is 15.9 Å². The third-order valence-corrected chi connectivity index (χ3v) is 2.55. The van der Waals surface area contributed by atoms with Gasteiger partial charge in [-0.25, -0.2) is 0 Å². The summed E-state index contributed by atoms with van der Waals surface area (Å²) in [4.78, 5) is 12.0. The molecule has 2 rings (SSSR count). The van der Waals surface area contributed by atoms with Crippen LogP contribution in [-0.4, -0.2) is 16.0 Å². The van der Waals surface area contributed by atoms with Gasteiger partial charge in [0.2, 0.25) is 0 Å². The number of carbonyl (C=O) groups is 1. The lowest BCUT2D eigenvalue weighted by atomic mass is 10.0. The van der Waals surface area contributed by atoms with Crippen molar-refractivity contribution in [3.05, 3.63) is 58.6 Å². The molecule has 4 heteroatoms. The molecule has 86 valence electrons. The number of phenols is 2. The fourth-order valence-electron chi connectivity index (χ4n) is 1.50. The Morgan fingerprint density at radius 1 is 1.06 bits per heavy atom. The lowest BCUT2D eigenvalue weighted by Crippen LogP contribution is -2.01. The second-order valence-electron chi connectivity index (χ2n) is 3.54. The first-order valence-corrected chi connectivity index (χ1v) is 5.28. The van der Waals surface area contributed by atoms with E-state index >= 15 is 0 Å². The van der Waals surface area contributed by atoms with Crippen molar-refractivity contribution in [2.24, 2.45) is 0 Å². The lowest BCUT2D eigenvalue weighted by molar-refractivity contribution is 0.103. The molecule has 0 radical (unpaired) electrons. The smallest absolute Gasteiger partial charge is 0.196 e. The van der Waals surface area contributed by atoms with Crippen LogP contribution in [0.15, 0.2) is 42.5 Å². The van der Waals surface area contributed by atoms with Crippen LogP contribution in [0.2, 0.25) is 5.02 Å². The van der Waals surface area contributed by atoms with Crippen LogP contribution >= 0.6 is 11.6 Å². The van der Waals surface area contributed by atoms with Crippen LogP contribution in [0.5, 0.6) is 11.5 Å². The molecule has 0 saturated carbocycles. The summed E-state index contributed by atoms with van der Waals surface area (Å²) in [6.45, 7) is 0. The van der Waals surface area contributed by atoms with Gasteiger partial charge in [-0.15, -0.1) is 0 Å². The number of benzene rings is 2. The van der Waals surface area contributed by atoms with Crippen LogP contribution in [-0.2, 0) is 0 Å². The topological polar surface area (TPSA) is 57.5 Å². The van der Waals surface area contributed by atoms with E-state index in [1.165, 1.54) is 30.3 Å². The van der Waals surface area contributed by atoms with Crippen molar-refractivity contribution in [3.8, 4) is 11.5 Å². The highest BCUT2D eigenvalue weighted by Gasteiger charge is 2.13. The van der Waals surface area contributed by atoms with Gasteiger partial charge in [-0.2, -0.15) is 0 Å². The molecule has 0 unspecified atom stereocenters. The van der Waals surface area contributed by atoms with Gasteiger partial charge in [-0.1, -0.05) is 23.7 Å². The monoisotopic (exact) mass is 248 g/mol. The summed E-state index contributed by atoms with van der Waals surface area (Å²) < 4.78 is 0. The standard InChI is InChI=1S/C13H9ClO3/c14-9-4-5-11(12(16)7-9)13(17)8-2-1-3-10(15)6-8/h1-7,15-16H. The fraction of sp³-hybridized carbons (Fsp3) is 0. The Balaban J connectivity index is 2.44. The normalized spacial score (nSPS) is 10.2. The van der Waals surface area contributed by atoms with E-state index in [2.05, 4.69) is 0 Å². The molecule has 2 N–H and O–H groups in total. The van der Waals surface area contributed by atoms with E-state index in [0.29, 0.717) is 10.6 Å². The third kappa shape index (κ3) is 2.40. The second kappa shape index (κ2) is 4.47. The summed E-state index contributed by atoms with van der Waals surface area (Å²) in [5.41, 5.74) is 0.461. The van der Waals surface area contributed by atoms with Gasteiger partial charge < -0.3 is 10.2 Å². The van der Waals surface area contributed by atoms with E-state index in [-0.39, 0.29) is 22.8 Å². The molecule has 0 aliphatic carbocycles. The number of halogens is 1. The minimum atomic E-state index is -0.366. The molecule has 0 saturated heterocycles. The van der Waals surface area contributed by atoms with Crippen molar-refractivity contribution >= 4 is 17.4 Å². The average Bonchev–Trinajstić information content (AvgIpc) is 2.28. The average molecular weight is 249 g/mol. The van der Waals surface area contributed by atoms with E-state index in [1.807, 2.05) is 0 Å². The zero-order chi connectivity index (χ0) is 12.4. The summed E-state index contributed by atoms with van der Waals surface area (Å²) in [6, 6.07) is 10.2. The number of phenolic OH excluding ortho intramolecular Hbond substituents is 2. The van der Waals surface area contributed by atoms with Gasteiger partial charge in [-0.05, 0) is 30.3 Å². The number of carbonyl (C=O) groups excluding carboxylic acids is 1. The second-order valence-corrected chi connectivity index (χ2v) is 3.98. The van der Waals surface area contributed by atoms with Crippen LogP contribution in [0.3, 0.4) is 0 Å². The Morgan fingerprint density at radius 2 is 1.82 bits per heavy atom. The highest BCUT2D eigenvalue weighted by atomic mass is 35.5. The molecule has 0 aliphatic rings. The van der Waals surface area contributed by atoms with E-state index in [9.17, 15) is 15.0 Å². The number of rotatable bonds is 2. The summed E-state index contributed by atoms with van der Waals surface area (Å²) in [6.07, 6.45) is 0. The fourth-order valence-corrected chi connectivity index (χ4v) is 1.67. The largest absolute Gasteiger partial charge is 0.508 e. The first kappa shape index (κ1) is 11.5. The summed E-state index contributed by atoms with van der Waals surface area (Å²) in [5, 5.41) is 19.3. The van der Waals surface area contributed by atoms with Crippen LogP contribution in [0.4, 0.5) is 0 Å². The third-order valence-electron chi connectivity index (χ3n) is 2.31. The Kier molecular flexibility index (Phi) is 3.02. The highest BCUT2D eigenvalue weighted by Crippen LogP contribution is 2.25. The molecule has 0 fully saturated rings. The highest BCUT2D eigenvalue weighted by molar-refractivity contribution is 6.31. The Bertz CT molecular complexity index is 579. The molecule has 0 amide bonds. The van der Waals surface area contributed by atoms with Gasteiger partial charge in [-0.3, -0.25) is 4.79 Å². The predicted molar refractivity (Wildman–Crippen MR) is 64.7 cm³/mol. The number of hydrogen-bond donors (Lipinski definition) is 2. The molecule has 0 aromatic heterocycles. The van der Waals surface area contributed by atoms with Crippen molar-refractivity contribution in [1.82, 2.24) is 0 Å². The van der Waals surface area contributed by atoms with Gasteiger partial charge >= 0.3 is 0 Å². The molecule has 2 aromatic rings. The molecule has 0 bridgehead atoms. The number of aromatic hydroxyl groups is 2. The van der Waals surface area contributed by atoms with Crippen LogP contribution in [0.25, 0.3) is 0 Å². The van der Waals surface area contributed by atoms with Gasteiger partial charge in [0.25, 0.3) is 0 Å². The van der Waals surface area contributed by atoms with Gasteiger partial charge in [0.1, 0.15) is 11.5 Å². The van der Waals surface area contributed by atoms with Crippen molar-refractivity contribution in [2.75, 3.05) is 0 Å². The van der Waals surface area contributed by atoms with E-state index in [1.54, 1.807) is 12.1 Å². The quantitative estimate of drug-likeness (QED) is 0.804. The van der Waals surface area contributed by atoms with Crippen molar-refractivity contribution in [3.63, 3.8) is 0 Å². The Hall–Kier alpha value is -2.00. The van der Waals surface area contributed by atoms with Crippen molar-refractivity contribution < 1.29 is 15.0 Å². The molecule has 0 atom stereocenters. The Morgan fingerprint density at radius 3 is 2.47 bits per heavy atom. The van der Waals surface area contributed by atoms with Crippen LogP contribution < -0.4 is 0 Å². The van der Waals surface area contributed by atoms with E-state index < -0.39 is 0 Å². The molecule has 3 nitrogen and oxygen atoms in total. The minimum absolute atomic E-state index is 0.00398. The zero-order valence-corrected chi connectivity index (χ0v) is 9.48. The molecule has 0 spiro atoms. The Labute approximate surface area is 103 Å². The maximum Gasteiger partial charge on any atom is 0.196 e. The van der Waals surface area contributed by atoms with Crippen LogP contribution in [0, 0.1) is 0 Å². The summed E-state index contributed by atoms with van der Waals surface area (Å²) in [7, 11) is 0. The first-order valence-electron chi connectivity index (χ1n) is 4.90. The lowest BCUT2D eigenvalue weighted by Gasteiger charge is -2.04. The first-order chi connectivity index (χ1) is 8.08. The SMILES string of the molecule is O=C(c1cccc(O)c1)c1ccc(Cl)cc1O. The molecular weight excluding hydrogens is 240 g/mol. The van der Waals surface area contributed by atoms with Gasteiger partial charge in [0.05, 0.1) is 5.56 Å². The van der Waals surface area contributed by atoms with E-state index in [4.69, 9.17) is 11.6 Å². The number of ketones is 1. The molecule has 17 heavy (non-hydrogen) atoms. The maximum absolute atomic E-state index is 12.0. The molecular formula is C13H9ClO3. The van der Waals surface area contributed by atoms with Crippen molar-refractivity contribution in [2.45, 2.75) is 0 Å². The molecule has 0 heterocycles. The summed E-state index contributed by atoms with van der Waals surface area (Å²) >= 11 is 5.68. The number of hydrogen-bond acceptors (Lipinski definition) is 3. The maximum atomic E-state index is 12.0. The zero-order valence-electron chi connectivity index (χ0n) is 8.72. The molecule has 0 aliphatic heterocycles. The predicted octanol–water partition coefficient (Wildman–Crippen LogP) is 2.98. The van der Waals surface area contributed by atoms with Gasteiger partial charge in [0.15, 0.2) is 5.78 Å². The van der Waals surface area contributed by atoms with Gasteiger partial charge in [0, 0.05) is 10.6 Å². The van der Waals surface area contributed by atoms with E-state index in [0.717, 1.165) is 0 Å². The molecule has 2 aromatic carbocycles. The minimum Gasteiger partial charge on any atom is -0.508 e. The summed E-state index contributed by atoms with van der Waals surface area (Å²) in [5.74, 6) is -0.537. The van der Waals surface area contributed by atoms with Crippen molar-refractivity contribution in [1.29, 1.82) is 0 Å².